The van der Waals surface area contributed by atoms with E-state index in [0.29, 0.717) is 24.6 Å². The van der Waals surface area contributed by atoms with Crippen LogP contribution in [0, 0.1) is 6.92 Å². The summed E-state index contributed by atoms with van der Waals surface area (Å²) < 4.78 is 4.21. The second-order valence-electron chi connectivity index (χ2n) is 11.3. The van der Waals surface area contributed by atoms with Gasteiger partial charge in [-0.05, 0) is 82.5 Å². The van der Waals surface area contributed by atoms with Crippen LogP contribution >= 0.6 is 0 Å². The predicted octanol–water partition coefficient (Wildman–Crippen LogP) is 4.57. The van der Waals surface area contributed by atoms with Gasteiger partial charge >= 0.3 is 0 Å². The van der Waals surface area contributed by atoms with Gasteiger partial charge in [-0.2, -0.15) is 5.10 Å². The molecule has 5 heterocycles. The number of likely N-dealkylation sites (tertiary alicyclic amines) is 2. The number of nitrogens with zero attached hydrogens (tertiary/aromatic N) is 7. The van der Waals surface area contributed by atoms with E-state index in [9.17, 15) is 9.59 Å². The summed E-state index contributed by atoms with van der Waals surface area (Å²) >= 11 is 0. The first-order valence-electron chi connectivity index (χ1n) is 14.8. The zero-order valence-corrected chi connectivity index (χ0v) is 23.8. The van der Waals surface area contributed by atoms with Crippen molar-refractivity contribution in [2.24, 2.45) is 0 Å². The van der Waals surface area contributed by atoms with E-state index in [1.54, 1.807) is 18.3 Å². The molecule has 10 nitrogen and oxygen atoms in total. The van der Waals surface area contributed by atoms with E-state index in [0.717, 1.165) is 73.1 Å². The maximum absolute atomic E-state index is 13.3. The highest BCUT2D eigenvalue weighted by molar-refractivity contribution is 6.04. The first kappa shape index (κ1) is 27.1. The highest BCUT2D eigenvalue weighted by Gasteiger charge is 2.27. The van der Waals surface area contributed by atoms with Crippen molar-refractivity contribution >= 4 is 39.7 Å². The average Bonchev–Trinajstić information content (AvgIpc) is 3.44. The minimum Gasteiger partial charge on any atom is -0.337 e. The first-order valence-corrected chi connectivity index (χ1v) is 14.8. The van der Waals surface area contributed by atoms with Crippen molar-refractivity contribution in [1.82, 2.24) is 34.1 Å². The Morgan fingerprint density at radius 2 is 1.88 bits per heavy atom. The molecule has 41 heavy (non-hydrogen) atoms. The normalized spacial score (nSPS) is 18.5. The van der Waals surface area contributed by atoms with E-state index in [-0.39, 0.29) is 17.9 Å². The lowest BCUT2D eigenvalue weighted by Gasteiger charge is -2.26. The van der Waals surface area contributed by atoms with Gasteiger partial charge < -0.3 is 14.4 Å². The van der Waals surface area contributed by atoms with E-state index in [1.165, 1.54) is 25.3 Å². The SMILES string of the molecule is C=CC(=O)N1CCCCC(n2c(NC(=O)c3ccnc(C)c3)nc3cc4cnn(CCN5CCCCC5)c4cc32)C1. The monoisotopic (exact) mass is 554 g/mol. The van der Waals surface area contributed by atoms with Gasteiger partial charge in [0.2, 0.25) is 11.9 Å². The van der Waals surface area contributed by atoms with Gasteiger partial charge in [0.25, 0.3) is 5.91 Å². The van der Waals surface area contributed by atoms with Gasteiger partial charge in [-0.25, -0.2) is 4.98 Å². The fraction of sp³-hybridized carbons (Fsp3) is 0.452. The third-order valence-corrected chi connectivity index (χ3v) is 8.41. The van der Waals surface area contributed by atoms with Crippen LogP contribution in [0.1, 0.15) is 60.6 Å². The Hall–Kier alpha value is -4.05. The lowest BCUT2D eigenvalue weighted by atomic mass is 10.1. The number of amides is 2. The van der Waals surface area contributed by atoms with E-state index in [4.69, 9.17) is 10.1 Å². The number of aromatic nitrogens is 5. The number of imidazole rings is 1. The van der Waals surface area contributed by atoms with Gasteiger partial charge in [-0.1, -0.05) is 13.0 Å². The zero-order valence-electron chi connectivity index (χ0n) is 23.8. The Kier molecular flexibility index (Phi) is 7.82. The number of aryl methyl sites for hydroxylation is 1. The number of pyridine rings is 1. The van der Waals surface area contributed by atoms with Crippen molar-refractivity contribution in [3.8, 4) is 0 Å². The number of anilines is 1. The van der Waals surface area contributed by atoms with Crippen LogP contribution in [0.5, 0.6) is 0 Å². The highest BCUT2D eigenvalue weighted by Crippen LogP contribution is 2.33. The summed E-state index contributed by atoms with van der Waals surface area (Å²) in [6, 6.07) is 7.63. The lowest BCUT2D eigenvalue weighted by Crippen LogP contribution is -2.34. The van der Waals surface area contributed by atoms with Crippen molar-refractivity contribution in [1.29, 1.82) is 0 Å². The third-order valence-electron chi connectivity index (χ3n) is 8.41. The molecule has 10 heteroatoms. The minimum atomic E-state index is -0.239. The van der Waals surface area contributed by atoms with E-state index >= 15 is 0 Å². The molecule has 2 saturated heterocycles. The molecule has 0 saturated carbocycles. The van der Waals surface area contributed by atoms with Crippen LogP contribution < -0.4 is 5.32 Å². The number of rotatable bonds is 7. The number of fused-ring (bicyclic) bond motifs is 2. The van der Waals surface area contributed by atoms with Crippen LogP contribution in [0.15, 0.2) is 49.3 Å². The summed E-state index contributed by atoms with van der Waals surface area (Å²) in [6.45, 7) is 10.9. The Labute approximate surface area is 240 Å². The minimum absolute atomic E-state index is 0.0527. The Morgan fingerprint density at radius 1 is 1.05 bits per heavy atom. The average molecular weight is 555 g/mol. The Bertz CT molecular complexity index is 1580. The number of nitrogens with one attached hydrogen (secondary N) is 1. The number of carbonyl (C=O) groups is 2. The standard InChI is InChI=1S/C31H38N8O2/c1-3-29(40)37-14-8-5-9-25(21-37)39-28-19-27-24(20-33-38(27)16-15-36-12-6-4-7-13-36)18-26(28)34-31(39)35-30(41)23-10-11-32-22(2)17-23/h3,10-11,17-20,25H,1,4-9,12-16,21H2,2H3,(H,34,35,41). The van der Waals surface area contributed by atoms with Gasteiger partial charge in [-0.3, -0.25) is 24.6 Å². The number of benzene rings is 1. The molecular weight excluding hydrogens is 516 g/mol. The lowest BCUT2D eigenvalue weighted by molar-refractivity contribution is -0.126. The molecule has 2 aliphatic heterocycles. The molecular formula is C31H38N8O2. The first-order chi connectivity index (χ1) is 20.0. The van der Waals surface area contributed by atoms with Crippen molar-refractivity contribution in [3.63, 3.8) is 0 Å². The van der Waals surface area contributed by atoms with Gasteiger partial charge in [0.15, 0.2) is 0 Å². The Morgan fingerprint density at radius 3 is 2.68 bits per heavy atom. The summed E-state index contributed by atoms with van der Waals surface area (Å²) in [5.41, 5.74) is 4.07. The van der Waals surface area contributed by atoms with Gasteiger partial charge in [0.1, 0.15) is 0 Å². The zero-order chi connectivity index (χ0) is 28.3. The van der Waals surface area contributed by atoms with Crippen LogP contribution in [0.2, 0.25) is 0 Å². The van der Waals surface area contributed by atoms with E-state index in [1.807, 2.05) is 18.0 Å². The number of carbonyl (C=O) groups excluding carboxylic acids is 2. The summed E-state index contributed by atoms with van der Waals surface area (Å²) in [6.07, 6.45) is 11.5. The second-order valence-corrected chi connectivity index (χ2v) is 11.3. The van der Waals surface area contributed by atoms with Crippen LogP contribution in [0.25, 0.3) is 21.9 Å². The quantitative estimate of drug-likeness (QED) is 0.336. The number of piperidine rings is 1. The molecule has 2 amide bonds. The smallest absolute Gasteiger partial charge is 0.258 e. The maximum Gasteiger partial charge on any atom is 0.258 e. The van der Waals surface area contributed by atoms with Gasteiger partial charge in [-0.15, -0.1) is 0 Å². The molecule has 1 atom stereocenters. The molecule has 0 aliphatic carbocycles. The second kappa shape index (κ2) is 11.8. The Balaban J connectivity index is 1.40. The molecule has 0 bridgehead atoms. The molecule has 2 aliphatic rings. The summed E-state index contributed by atoms with van der Waals surface area (Å²) in [4.78, 5) is 39.5. The molecule has 1 unspecified atom stereocenters. The fourth-order valence-electron chi connectivity index (χ4n) is 6.24. The van der Waals surface area contributed by atoms with Gasteiger partial charge in [0.05, 0.1) is 35.3 Å². The van der Waals surface area contributed by atoms with Crippen LogP contribution in [-0.4, -0.2) is 78.7 Å². The molecule has 6 rings (SSSR count). The topological polar surface area (TPSA) is 101 Å². The molecule has 3 aromatic heterocycles. The van der Waals surface area contributed by atoms with Crippen LogP contribution in [0.4, 0.5) is 5.95 Å². The summed E-state index contributed by atoms with van der Waals surface area (Å²) in [7, 11) is 0. The van der Waals surface area contributed by atoms with Gasteiger partial charge in [0, 0.05) is 42.5 Å². The molecule has 214 valence electrons. The fourth-order valence-corrected chi connectivity index (χ4v) is 6.24. The molecule has 0 spiro atoms. The van der Waals surface area contributed by atoms with E-state index < -0.39 is 0 Å². The third kappa shape index (κ3) is 5.74. The van der Waals surface area contributed by atoms with Crippen LogP contribution in [-0.2, 0) is 11.3 Å². The summed E-state index contributed by atoms with van der Waals surface area (Å²) in [5, 5.41) is 8.82. The molecule has 2 fully saturated rings. The molecule has 0 radical (unpaired) electrons. The van der Waals surface area contributed by atoms with Crippen molar-refractivity contribution in [3.05, 3.63) is 60.6 Å². The van der Waals surface area contributed by atoms with Crippen LogP contribution in [0.3, 0.4) is 0 Å². The molecule has 1 N–H and O–H groups in total. The van der Waals surface area contributed by atoms with Crippen molar-refractivity contribution < 1.29 is 9.59 Å². The highest BCUT2D eigenvalue weighted by atomic mass is 16.2. The predicted molar refractivity (Wildman–Crippen MR) is 160 cm³/mol. The number of hydrogen-bond acceptors (Lipinski definition) is 6. The van der Waals surface area contributed by atoms with E-state index in [2.05, 4.69) is 43.2 Å². The van der Waals surface area contributed by atoms with Crippen molar-refractivity contribution in [2.75, 3.05) is 38.0 Å². The molecule has 4 aromatic rings. The molecule has 1 aromatic carbocycles. The van der Waals surface area contributed by atoms with Crippen molar-refractivity contribution in [2.45, 2.75) is 58.0 Å². The largest absolute Gasteiger partial charge is 0.337 e. The maximum atomic E-state index is 13.3. The summed E-state index contributed by atoms with van der Waals surface area (Å²) in [5.74, 6) is 0.173. The number of hydrogen-bond donors (Lipinski definition) is 1.